The molecule has 5 heteroatoms. The number of aryl methyl sites for hydroxylation is 1. The van der Waals surface area contributed by atoms with Gasteiger partial charge in [0.05, 0.1) is 5.69 Å². The first kappa shape index (κ1) is 17.5. The zero-order valence-electron chi connectivity index (χ0n) is 14.2. The molecule has 0 unspecified atom stereocenters. The maximum atomic E-state index is 12.9. The highest BCUT2D eigenvalue weighted by Crippen LogP contribution is 2.37. The average Bonchev–Trinajstić information content (AvgIpc) is 2.63. The van der Waals surface area contributed by atoms with E-state index in [9.17, 15) is 4.79 Å². The molecule has 2 N–H and O–H groups in total. The Morgan fingerprint density at radius 3 is 2.64 bits per heavy atom. The number of nitrogens with zero attached hydrogens (tertiary/aromatic N) is 1. The standard InChI is InChI=1S/C20H21ClN2O2/c1-2-14-4-6-15(7-5-14)12-19-20(24)23(11-3-10-22)17-13-16(21)8-9-18(17)25-19/h4-9,12-13H,2-3,10-11,22H2,1H3/b19-12+. The first-order valence-corrected chi connectivity index (χ1v) is 8.80. The minimum atomic E-state index is -0.178. The third kappa shape index (κ3) is 3.86. The van der Waals surface area contributed by atoms with Crippen molar-refractivity contribution in [2.24, 2.45) is 5.73 Å². The van der Waals surface area contributed by atoms with E-state index < -0.39 is 0 Å². The Morgan fingerprint density at radius 1 is 1.20 bits per heavy atom. The van der Waals surface area contributed by atoms with E-state index in [0.717, 1.165) is 12.0 Å². The second kappa shape index (κ2) is 7.72. The topological polar surface area (TPSA) is 55.6 Å². The van der Waals surface area contributed by atoms with E-state index in [2.05, 4.69) is 19.1 Å². The van der Waals surface area contributed by atoms with Crippen LogP contribution in [0.15, 0.2) is 48.2 Å². The SMILES string of the molecule is CCc1ccc(/C=C2/Oc3ccc(Cl)cc3N(CCCN)C2=O)cc1. The lowest BCUT2D eigenvalue weighted by atomic mass is 10.1. The summed E-state index contributed by atoms with van der Waals surface area (Å²) in [6.45, 7) is 3.15. The summed E-state index contributed by atoms with van der Waals surface area (Å²) >= 11 is 6.09. The summed E-state index contributed by atoms with van der Waals surface area (Å²) in [5, 5.41) is 0.565. The van der Waals surface area contributed by atoms with Crippen LogP contribution in [0.3, 0.4) is 0 Å². The van der Waals surface area contributed by atoms with E-state index in [1.54, 1.807) is 29.2 Å². The molecule has 1 heterocycles. The van der Waals surface area contributed by atoms with E-state index in [4.69, 9.17) is 22.1 Å². The molecule has 1 aliphatic heterocycles. The number of carbonyl (C=O) groups is 1. The quantitative estimate of drug-likeness (QED) is 0.823. The van der Waals surface area contributed by atoms with Crippen molar-refractivity contribution in [2.45, 2.75) is 19.8 Å². The third-order valence-corrected chi connectivity index (χ3v) is 4.39. The Bertz CT molecular complexity index is 800. The van der Waals surface area contributed by atoms with E-state index in [1.807, 2.05) is 12.1 Å². The molecule has 0 atom stereocenters. The largest absolute Gasteiger partial charge is 0.449 e. The van der Waals surface area contributed by atoms with E-state index in [-0.39, 0.29) is 5.91 Å². The number of benzene rings is 2. The van der Waals surface area contributed by atoms with Gasteiger partial charge in [0.25, 0.3) is 5.91 Å². The smallest absolute Gasteiger partial charge is 0.294 e. The number of nitrogens with two attached hydrogens (primary N) is 1. The lowest BCUT2D eigenvalue weighted by molar-refractivity contribution is -0.117. The van der Waals surface area contributed by atoms with Crippen LogP contribution in [0.25, 0.3) is 6.08 Å². The number of anilines is 1. The summed E-state index contributed by atoms with van der Waals surface area (Å²) in [7, 11) is 0. The molecule has 0 saturated carbocycles. The summed E-state index contributed by atoms with van der Waals surface area (Å²) < 4.78 is 5.85. The Kier molecular flexibility index (Phi) is 5.41. The van der Waals surface area contributed by atoms with Crippen LogP contribution in [-0.4, -0.2) is 19.0 Å². The number of fused-ring (bicyclic) bond motifs is 1. The number of rotatable bonds is 5. The number of ether oxygens (including phenoxy) is 1. The summed E-state index contributed by atoms with van der Waals surface area (Å²) in [5.74, 6) is 0.747. The molecule has 0 aliphatic carbocycles. The van der Waals surface area contributed by atoms with Crippen LogP contribution in [-0.2, 0) is 11.2 Å². The van der Waals surface area contributed by atoms with E-state index >= 15 is 0 Å². The van der Waals surface area contributed by atoms with Crippen LogP contribution < -0.4 is 15.4 Å². The van der Waals surface area contributed by atoms with Gasteiger partial charge in [-0.05, 0) is 54.8 Å². The second-order valence-corrected chi connectivity index (χ2v) is 6.35. The monoisotopic (exact) mass is 356 g/mol. The van der Waals surface area contributed by atoms with Crippen molar-refractivity contribution in [3.63, 3.8) is 0 Å². The maximum Gasteiger partial charge on any atom is 0.294 e. The molecule has 0 fully saturated rings. The maximum absolute atomic E-state index is 12.9. The molecule has 0 bridgehead atoms. The fourth-order valence-corrected chi connectivity index (χ4v) is 2.92. The molecular weight excluding hydrogens is 336 g/mol. The molecular formula is C20H21ClN2O2. The van der Waals surface area contributed by atoms with Gasteiger partial charge in [0.2, 0.25) is 0 Å². The van der Waals surface area contributed by atoms with Gasteiger partial charge in [0.1, 0.15) is 0 Å². The van der Waals surface area contributed by atoms with E-state index in [0.29, 0.717) is 41.7 Å². The van der Waals surface area contributed by atoms with Gasteiger partial charge in [-0.3, -0.25) is 4.79 Å². The first-order chi connectivity index (χ1) is 12.1. The van der Waals surface area contributed by atoms with Crippen LogP contribution in [0.5, 0.6) is 5.75 Å². The second-order valence-electron chi connectivity index (χ2n) is 5.92. The predicted molar refractivity (Wildman–Crippen MR) is 102 cm³/mol. The molecule has 2 aromatic rings. The van der Waals surface area contributed by atoms with Crippen molar-refractivity contribution in [1.29, 1.82) is 0 Å². The molecule has 0 saturated heterocycles. The Morgan fingerprint density at radius 2 is 1.96 bits per heavy atom. The van der Waals surface area contributed by atoms with Gasteiger partial charge >= 0.3 is 0 Å². The average molecular weight is 357 g/mol. The molecule has 2 aromatic carbocycles. The van der Waals surface area contributed by atoms with Crippen molar-refractivity contribution in [1.82, 2.24) is 0 Å². The van der Waals surface area contributed by atoms with Crippen molar-refractivity contribution in [3.05, 3.63) is 64.4 Å². The van der Waals surface area contributed by atoms with Gasteiger partial charge in [0, 0.05) is 11.6 Å². The minimum Gasteiger partial charge on any atom is -0.449 e. The molecule has 0 aromatic heterocycles. The fraction of sp³-hybridized carbons (Fsp3) is 0.250. The van der Waals surface area contributed by atoms with Crippen molar-refractivity contribution in [3.8, 4) is 5.75 Å². The fourth-order valence-electron chi connectivity index (χ4n) is 2.76. The number of hydrogen-bond donors (Lipinski definition) is 1. The summed E-state index contributed by atoms with van der Waals surface area (Å²) in [5.41, 5.74) is 8.48. The first-order valence-electron chi connectivity index (χ1n) is 8.42. The molecule has 4 nitrogen and oxygen atoms in total. The highest BCUT2D eigenvalue weighted by molar-refractivity contribution is 6.31. The summed E-state index contributed by atoms with van der Waals surface area (Å²) in [6.07, 6.45) is 3.46. The van der Waals surface area contributed by atoms with Gasteiger partial charge in [-0.2, -0.15) is 0 Å². The molecule has 0 spiro atoms. The molecule has 25 heavy (non-hydrogen) atoms. The summed E-state index contributed by atoms with van der Waals surface area (Å²) in [6, 6.07) is 13.4. The number of amides is 1. The Hall–Kier alpha value is -2.30. The molecule has 1 aliphatic rings. The number of hydrogen-bond acceptors (Lipinski definition) is 3. The zero-order chi connectivity index (χ0) is 17.8. The Labute approximate surface area is 152 Å². The highest BCUT2D eigenvalue weighted by Gasteiger charge is 2.30. The predicted octanol–water partition coefficient (Wildman–Crippen LogP) is 4.02. The minimum absolute atomic E-state index is 0.178. The van der Waals surface area contributed by atoms with Gasteiger partial charge in [-0.25, -0.2) is 0 Å². The third-order valence-electron chi connectivity index (χ3n) is 4.16. The highest BCUT2D eigenvalue weighted by atomic mass is 35.5. The van der Waals surface area contributed by atoms with Gasteiger partial charge < -0.3 is 15.4 Å². The van der Waals surface area contributed by atoms with Crippen LogP contribution in [0.4, 0.5) is 5.69 Å². The lowest BCUT2D eigenvalue weighted by Gasteiger charge is -2.30. The Balaban J connectivity index is 1.96. The van der Waals surface area contributed by atoms with E-state index in [1.165, 1.54) is 5.56 Å². The van der Waals surface area contributed by atoms with Crippen molar-refractivity contribution >= 4 is 29.3 Å². The van der Waals surface area contributed by atoms with Crippen LogP contribution in [0, 0.1) is 0 Å². The lowest BCUT2D eigenvalue weighted by Crippen LogP contribution is -2.38. The molecule has 130 valence electrons. The number of carbonyl (C=O) groups excluding carboxylic acids is 1. The van der Waals surface area contributed by atoms with Crippen molar-refractivity contribution in [2.75, 3.05) is 18.0 Å². The molecule has 0 radical (unpaired) electrons. The van der Waals surface area contributed by atoms with Crippen LogP contribution in [0.2, 0.25) is 5.02 Å². The van der Waals surface area contributed by atoms with Crippen molar-refractivity contribution < 1.29 is 9.53 Å². The zero-order valence-corrected chi connectivity index (χ0v) is 14.9. The summed E-state index contributed by atoms with van der Waals surface area (Å²) in [4.78, 5) is 14.6. The van der Waals surface area contributed by atoms with Crippen LogP contribution >= 0.6 is 11.6 Å². The molecule has 1 amide bonds. The van der Waals surface area contributed by atoms with Gasteiger partial charge in [-0.15, -0.1) is 0 Å². The van der Waals surface area contributed by atoms with Crippen LogP contribution in [0.1, 0.15) is 24.5 Å². The molecule has 3 rings (SSSR count). The van der Waals surface area contributed by atoms with Gasteiger partial charge in [0.15, 0.2) is 11.5 Å². The number of halogens is 1. The normalized spacial score (nSPS) is 15.2. The van der Waals surface area contributed by atoms with Gasteiger partial charge in [-0.1, -0.05) is 42.8 Å².